The van der Waals surface area contributed by atoms with Crippen molar-refractivity contribution in [2.45, 2.75) is 20.0 Å². The van der Waals surface area contributed by atoms with Gasteiger partial charge in [-0.3, -0.25) is 15.0 Å². The van der Waals surface area contributed by atoms with E-state index < -0.39 is 10.9 Å². The summed E-state index contributed by atoms with van der Waals surface area (Å²) in [7, 11) is 3.14. The number of nitro benzene ring substituents is 1. The van der Waals surface area contributed by atoms with Crippen molar-refractivity contribution < 1.29 is 18.9 Å². The van der Waals surface area contributed by atoms with E-state index in [0.29, 0.717) is 35.7 Å². The van der Waals surface area contributed by atoms with Crippen LogP contribution in [0.15, 0.2) is 34.7 Å². The van der Waals surface area contributed by atoms with Gasteiger partial charge in [-0.25, -0.2) is 4.79 Å². The smallest absolute Gasteiger partial charge is 0.341 e. The topological polar surface area (TPSA) is 85.8 Å². The van der Waals surface area contributed by atoms with Gasteiger partial charge in [-0.1, -0.05) is 18.2 Å². The highest BCUT2D eigenvalue weighted by Crippen LogP contribution is 2.21. The summed E-state index contributed by atoms with van der Waals surface area (Å²) >= 11 is 0. The molecule has 2 aromatic rings. The highest BCUT2D eigenvalue weighted by molar-refractivity contribution is 5.90. The molecule has 0 aliphatic heterocycles. The third kappa shape index (κ3) is 3.95. The lowest BCUT2D eigenvalue weighted by atomic mass is 10.1. The van der Waals surface area contributed by atoms with E-state index in [4.69, 9.17) is 4.42 Å². The maximum atomic E-state index is 11.6. The minimum atomic E-state index is -0.446. The molecule has 1 aromatic carbocycles. The third-order valence-corrected chi connectivity index (χ3v) is 3.43. The summed E-state index contributed by atoms with van der Waals surface area (Å²) in [6, 6.07) is 8.25. The van der Waals surface area contributed by atoms with Crippen molar-refractivity contribution in [1.29, 1.82) is 0 Å². The molecular weight excluding hydrogens is 300 g/mol. The van der Waals surface area contributed by atoms with Crippen LogP contribution in [0.4, 0.5) is 5.69 Å². The standard InChI is InChI=1S/C16H18N2O5/c1-11-14(16(19)22-3)8-13(23-11)10-17(2)9-12-6-4-5-7-15(12)18(20)21/h4-8H,9-10H2,1-3H3. The van der Waals surface area contributed by atoms with Crippen LogP contribution in [0, 0.1) is 17.0 Å². The number of ether oxygens (including phenoxy) is 1. The number of hydrogen-bond donors (Lipinski definition) is 0. The average Bonchev–Trinajstić information content (AvgIpc) is 2.87. The van der Waals surface area contributed by atoms with E-state index in [1.807, 2.05) is 11.9 Å². The van der Waals surface area contributed by atoms with E-state index in [2.05, 4.69) is 4.74 Å². The van der Waals surface area contributed by atoms with E-state index >= 15 is 0 Å². The molecule has 23 heavy (non-hydrogen) atoms. The maximum Gasteiger partial charge on any atom is 0.341 e. The van der Waals surface area contributed by atoms with Crippen LogP contribution in [0.25, 0.3) is 0 Å². The summed E-state index contributed by atoms with van der Waals surface area (Å²) in [5, 5.41) is 11.0. The van der Waals surface area contributed by atoms with Crippen LogP contribution in [-0.2, 0) is 17.8 Å². The molecule has 1 aromatic heterocycles. The van der Waals surface area contributed by atoms with Gasteiger partial charge in [0.1, 0.15) is 17.1 Å². The van der Waals surface area contributed by atoms with E-state index in [0.717, 1.165) is 0 Å². The normalized spacial score (nSPS) is 10.8. The van der Waals surface area contributed by atoms with Crippen LogP contribution < -0.4 is 0 Å². The highest BCUT2D eigenvalue weighted by Gasteiger charge is 2.18. The molecule has 7 heteroatoms. The Labute approximate surface area is 133 Å². The molecule has 0 bridgehead atoms. The average molecular weight is 318 g/mol. The van der Waals surface area contributed by atoms with Gasteiger partial charge in [0.05, 0.1) is 18.6 Å². The SMILES string of the molecule is COC(=O)c1cc(CN(C)Cc2ccccc2[N+](=O)[O-])oc1C. The molecule has 0 amide bonds. The predicted octanol–water partition coefficient (Wildman–Crippen LogP) is 2.91. The molecule has 0 aliphatic rings. The summed E-state index contributed by atoms with van der Waals surface area (Å²) < 4.78 is 10.2. The fourth-order valence-corrected chi connectivity index (χ4v) is 2.37. The van der Waals surface area contributed by atoms with Crippen LogP contribution in [0.1, 0.15) is 27.4 Å². The Kier molecular flexibility index (Phi) is 5.13. The van der Waals surface area contributed by atoms with E-state index in [-0.39, 0.29) is 5.69 Å². The lowest BCUT2D eigenvalue weighted by molar-refractivity contribution is -0.385. The number of nitro groups is 1. The Morgan fingerprint density at radius 2 is 2.04 bits per heavy atom. The van der Waals surface area contributed by atoms with Gasteiger partial charge in [-0.15, -0.1) is 0 Å². The van der Waals surface area contributed by atoms with Gasteiger partial charge in [0.15, 0.2) is 0 Å². The number of nitrogens with zero attached hydrogens (tertiary/aromatic N) is 2. The quantitative estimate of drug-likeness (QED) is 0.462. The lowest BCUT2D eigenvalue weighted by Crippen LogP contribution is -2.17. The first kappa shape index (κ1) is 16.7. The zero-order chi connectivity index (χ0) is 17.0. The van der Waals surface area contributed by atoms with Crippen molar-refractivity contribution in [2.75, 3.05) is 14.2 Å². The number of aryl methyl sites for hydroxylation is 1. The predicted molar refractivity (Wildman–Crippen MR) is 83.1 cm³/mol. The summed E-state index contributed by atoms with van der Waals surface area (Å²) in [6.45, 7) is 2.51. The summed E-state index contributed by atoms with van der Waals surface area (Å²) in [6.07, 6.45) is 0. The molecule has 0 radical (unpaired) electrons. The number of para-hydroxylation sites is 1. The molecule has 2 rings (SSSR count). The first-order chi connectivity index (χ1) is 10.9. The Hall–Kier alpha value is -2.67. The van der Waals surface area contributed by atoms with Crippen molar-refractivity contribution in [3.63, 3.8) is 0 Å². The van der Waals surface area contributed by atoms with Crippen molar-refractivity contribution in [1.82, 2.24) is 4.90 Å². The molecular formula is C16H18N2O5. The molecule has 0 aliphatic carbocycles. The second kappa shape index (κ2) is 7.06. The minimum Gasteiger partial charge on any atom is -0.465 e. The van der Waals surface area contributed by atoms with Crippen molar-refractivity contribution in [3.8, 4) is 0 Å². The fourth-order valence-electron chi connectivity index (χ4n) is 2.37. The molecule has 0 unspecified atom stereocenters. The number of esters is 1. The van der Waals surface area contributed by atoms with Gasteiger partial charge in [0.2, 0.25) is 0 Å². The summed E-state index contributed by atoms with van der Waals surface area (Å²) in [5.74, 6) is 0.647. The third-order valence-electron chi connectivity index (χ3n) is 3.43. The second-order valence-electron chi connectivity index (χ2n) is 5.23. The lowest BCUT2D eigenvalue weighted by Gasteiger charge is -2.15. The van der Waals surface area contributed by atoms with Gasteiger partial charge >= 0.3 is 5.97 Å². The number of furan rings is 1. The van der Waals surface area contributed by atoms with Crippen LogP contribution in [0.2, 0.25) is 0 Å². The Balaban J connectivity index is 2.10. The molecule has 0 spiro atoms. The van der Waals surface area contributed by atoms with Crippen LogP contribution >= 0.6 is 0 Å². The van der Waals surface area contributed by atoms with Gasteiger partial charge in [0, 0.05) is 18.2 Å². The van der Waals surface area contributed by atoms with Gasteiger partial charge in [0.25, 0.3) is 5.69 Å². The van der Waals surface area contributed by atoms with Crippen molar-refractivity contribution in [2.24, 2.45) is 0 Å². The monoisotopic (exact) mass is 318 g/mol. The number of carbonyl (C=O) groups excluding carboxylic acids is 1. The largest absolute Gasteiger partial charge is 0.465 e. The van der Waals surface area contributed by atoms with E-state index in [1.165, 1.54) is 13.2 Å². The molecule has 1 heterocycles. The van der Waals surface area contributed by atoms with Gasteiger partial charge < -0.3 is 9.15 Å². The number of benzene rings is 1. The Morgan fingerprint density at radius 1 is 1.35 bits per heavy atom. The first-order valence-electron chi connectivity index (χ1n) is 7.00. The molecule has 0 saturated carbocycles. The molecule has 7 nitrogen and oxygen atoms in total. The number of rotatable bonds is 6. The summed E-state index contributed by atoms with van der Waals surface area (Å²) in [4.78, 5) is 24.1. The fraction of sp³-hybridized carbons (Fsp3) is 0.312. The highest BCUT2D eigenvalue weighted by atomic mass is 16.6. The zero-order valence-electron chi connectivity index (χ0n) is 13.2. The van der Waals surface area contributed by atoms with Crippen molar-refractivity contribution in [3.05, 3.63) is 63.1 Å². The first-order valence-corrected chi connectivity index (χ1v) is 7.00. The summed E-state index contributed by atoms with van der Waals surface area (Å²) in [5.41, 5.74) is 1.10. The van der Waals surface area contributed by atoms with Crippen LogP contribution in [-0.4, -0.2) is 29.9 Å². The van der Waals surface area contributed by atoms with Gasteiger partial charge in [-0.05, 0) is 20.0 Å². The maximum absolute atomic E-state index is 11.6. The zero-order valence-corrected chi connectivity index (χ0v) is 13.2. The van der Waals surface area contributed by atoms with E-state index in [1.54, 1.807) is 31.2 Å². The number of carbonyl (C=O) groups is 1. The molecule has 0 atom stereocenters. The Bertz CT molecular complexity index is 723. The van der Waals surface area contributed by atoms with E-state index in [9.17, 15) is 14.9 Å². The van der Waals surface area contributed by atoms with Gasteiger partial charge in [-0.2, -0.15) is 0 Å². The molecule has 122 valence electrons. The van der Waals surface area contributed by atoms with Crippen molar-refractivity contribution >= 4 is 11.7 Å². The molecule has 0 N–H and O–H groups in total. The number of methoxy groups -OCH3 is 1. The minimum absolute atomic E-state index is 0.0882. The molecule has 0 saturated heterocycles. The van der Waals surface area contributed by atoms with Crippen LogP contribution in [0.3, 0.4) is 0 Å². The van der Waals surface area contributed by atoms with Crippen LogP contribution in [0.5, 0.6) is 0 Å². The molecule has 0 fully saturated rings. The second-order valence-corrected chi connectivity index (χ2v) is 5.23. The Morgan fingerprint density at radius 3 is 2.70 bits per heavy atom. The number of hydrogen-bond acceptors (Lipinski definition) is 6.